The molecule has 6 heteroatoms. The first kappa shape index (κ1) is 15.7. The van der Waals surface area contributed by atoms with Gasteiger partial charge >= 0.3 is 0 Å². The molecule has 0 spiro atoms. The highest BCUT2D eigenvalue weighted by Crippen LogP contribution is 2.26. The van der Waals surface area contributed by atoms with E-state index in [0.717, 1.165) is 23.2 Å². The molecule has 0 fully saturated rings. The van der Waals surface area contributed by atoms with E-state index in [9.17, 15) is 4.79 Å². The molecule has 5 nitrogen and oxygen atoms in total. The summed E-state index contributed by atoms with van der Waals surface area (Å²) in [6.07, 6.45) is 2.69. The lowest BCUT2D eigenvalue weighted by Gasteiger charge is -2.10. The molecule has 1 N–H and O–H groups in total. The molecule has 0 aliphatic carbocycles. The second kappa shape index (κ2) is 6.57. The first-order chi connectivity index (χ1) is 12.2. The number of rotatable bonds is 5. The van der Waals surface area contributed by atoms with Gasteiger partial charge in [-0.25, -0.2) is 0 Å². The van der Waals surface area contributed by atoms with Crippen molar-refractivity contribution in [1.82, 2.24) is 14.3 Å². The summed E-state index contributed by atoms with van der Waals surface area (Å²) >= 11 is 1.65. The number of amides is 1. The molecule has 1 aromatic carbocycles. The van der Waals surface area contributed by atoms with Crippen molar-refractivity contribution in [2.24, 2.45) is 7.05 Å². The van der Waals surface area contributed by atoms with Crippen LogP contribution in [0.1, 0.15) is 16.1 Å². The van der Waals surface area contributed by atoms with Crippen molar-refractivity contribution in [2.45, 2.75) is 13.0 Å². The third kappa shape index (κ3) is 3.21. The summed E-state index contributed by atoms with van der Waals surface area (Å²) < 4.78 is 4.89. The van der Waals surface area contributed by atoms with Gasteiger partial charge in [0.15, 0.2) is 5.82 Å². The minimum atomic E-state index is -0.129. The molecule has 0 aliphatic heterocycles. The van der Waals surface area contributed by atoms with Crippen molar-refractivity contribution in [3.8, 4) is 0 Å². The van der Waals surface area contributed by atoms with Crippen molar-refractivity contribution in [3.63, 3.8) is 0 Å². The molecule has 3 aromatic heterocycles. The molecule has 0 saturated heterocycles. The molecule has 0 radical (unpaired) electrons. The predicted molar refractivity (Wildman–Crippen MR) is 101 cm³/mol. The van der Waals surface area contributed by atoms with E-state index in [1.54, 1.807) is 22.1 Å². The maximum absolute atomic E-state index is 12.7. The molecule has 25 heavy (non-hydrogen) atoms. The summed E-state index contributed by atoms with van der Waals surface area (Å²) in [5, 5.41) is 9.16. The molecule has 4 aromatic rings. The lowest BCUT2D eigenvalue weighted by atomic mass is 10.1. The van der Waals surface area contributed by atoms with Crippen LogP contribution in [0, 0.1) is 0 Å². The van der Waals surface area contributed by atoms with Crippen molar-refractivity contribution in [1.29, 1.82) is 0 Å². The monoisotopic (exact) mass is 350 g/mol. The van der Waals surface area contributed by atoms with Crippen LogP contribution in [0.2, 0.25) is 0 Å². The number of fused-ring (bicyclic) bond motifs is 1. The third-order valence-electron chi connectivity index (χ3n) is 4.18. The molecule has 0 bridgehead atoms. The smallest absolute Gasteiger partial charge is 0.273 e. The normalized spacial score (nSPS) is 11.1. The summed E-state index contributed by atoms with van der Waals surface area (Å²) in [5.41, 5.74) is 3.03. The van der Waals surface area contributed by atoms with Gasteiger partial charge in [0.1, 0.15) is 5.69 Å². The van der Waals surface area contributed by atoms with Crippen LogP contribution in [0.4, 0.5) is 5.82 Å². The van der Waals surface area contributed by atoms with Crippen molar-refractivity contribution >= 4 is 33.3 Å². The molecule has 4 rings (SSSR count). The Labute approximate surface area is 149 Å². The number of hydrogen-bond donors (Lipinski definition) is 1. The van der Waals surface area contributed by atoms with Crippen LogP contribution in [0.3, 0.4) is 0 Å². The van der Waals surface area contributed by atoms with E-state index in [4.69, 9.17) is 0 Å². The topological polar surface area (TPSA) is 51.9 Å². The molecule has 0 atom stereocenters. The van der Waals surface area contributed by atoms with Crippen LogP contribution in [-0.4, -0.2) is 20.3 Å². The maximum atomic E-state index is 12.7. The fourth-order valence-electron chi connectivity index (χ4n) is 2.95. The van der Waals surface area contributed by atoms with Crippen LogP contribution in [0.25, 0.3) is 10.2 Å². The van der Waals surface area contributed by atoms with Crippen molar-refractivity contribution in [3.05, 3.63) is 71.4 Å². The first-order valence-electron chi connectivity index (χ1n) is 8.12. The van der Waals surface area contributed by atoms with Gasteiger partial charge in [0, 0.05) is 25.9 Å². The van der Waals surface area contributed by atoms with Gasteiger partial charge in [0.05, 0.1) is 10.2 Å². The van der Waals surface area contributed by atoms with Gasteiger partial charge in [-0.2, -0.15) is 5.10 Å². The Morgan fingerprint density at radius 3 is 2.80 bits per heavy atom. The molecule has 0 unspecified atom stereocenters. The van der Waals surface area contributed by atoms with Crippen LogP contribution in [0.15, 0.2) is 60.1 Å². The number of carbonyl (C=O) groups is 1. The number of nitrogens with one attached hydrogen (secondary N) is 1. The first-order valence-corrected chi connectivity index (χ1v) is 9.00. The fourth-order valence-corrected chi connectivity index (χ4v) is 3.78. The number of aromatic nitrogens is 3. The number of nitrogens with zero attached hydrogens (tertiary/aromatic N) is 3. The number of benzene rings is 1. The van der Waals surface area contributed by atoms with E-state index >= 15 is 0 Å². The van der Waals surface area contributed by atoms with Crippen molar-refractivity contribution in [2.75, 3.05) is 5.32 Å². The van der Waals surface area contributed by atoms with Gasteiger partial charge in [-0.15, -0.1) is 11.3 Å². The predicted octanol–water partition coefficient (Wildman–Crippen LogP) is 3.93. The molecule has 0 saturated carbocycles. The van der Waals surface area contributed by atoms with Gasteiger partial charge in [-0.05, 0) is 29.5 Å². The maximum Gasteiger partial charge on any atom is 0.273 e. The van der Waals surface area contributed by atoms with Crippen LogP contribution in [-0.2, 0) is 20.0 Å². The largest absolute Gasteiger partial charge is 0.335 e. The fraction of sp³-hybridized carbons (Fsp3) is 0.158. The van der Waals surface area contributed by atoms with Crippen molar-refractivity contribution < 1.29 is 4.79 Å². The minimum Gasteiger partial charge on any atom is -0.335 e. The quantitative estimate of drug-likeness (QED) is 0.593. The highest BCUT2D eigenvalue weighted by Gasteiger charge is 2.17. The zero-order valence-electron chi connectivity index (χ0n) is 13.8. The summed E-state index contributed by atoms with van der Waals surface area (Å²) in [6, 6.07) is 16.1. The second-order valence-electron chi connectivity index (χ2n) is 5.92. The van der Waals surface area contributed by atoms with Gasteiger partial charge in [-0.3, -0.25) is 9.48 Å². The zero-order chi connectivity index (χ0) is 17.2. The van der Waals surface area contributed by atoms with Gasteiger partial charge in [0.2, 0.25) is 0 Å². The Bertz CT molecular complexity index is 1010. The van der Waals surface area contributed by atoms with E-state index < -0.39 is 0 Å². The summed E-state index contributed by atoms with van der Waals surface area (Å²) in [7, 11) is 1.83. The Balaban J connectivity index is 1.61. The Kier molecular flexibility index (Phi) is 4.11. The molecule has 0 aliphatic rings. The zero-order valence-corrected chi connectivity index (χ0v) is 14.7. The average Bonchev–Trinajstić information content (AvgIpc) is 3.30. The van der Waals surface area contributed by atoms with Gasteiger partial charge < -0.3 is 9.88 Å². The van der Waals surface area contributed by atoms with E-state index in [0.29, 0.717) is 11.5 Å². The Morgan fingerprint density at radius 1 is 1.20 bits per heavy atom. The highest BCUT2D eigenvalue weighted by molar-refractivity contribution is 7.17. The van der Waals surface area contributed by atoms with Gasteiger partial charge in [0.25, 0.3) is 5.91 Å². The van der Waals surface area contributed by atoms with Gasteiger partial charge in [-0.1, -0.05) is 30.3 Å². The van der Waals surface area contributed by atoms with E-state index in [2.05, 4.69) is 38.6 Å². The van der Waals surface area contributed by atoms with E-state index in [-0.39, 0.29) is 5.91 Å². The SMILES string of the molecule is Cn1ccc(NC(=O)c2cc3sccc3n2CCc2ccccc2)n1. The van der Waals surface area contributed by atoms with E-state index in [1.165, 1.54) is 5.56 Å². The molecular formula is C19H18N4OS. The third-order valence-corrected chi connectivity index (χ3v) is 5.03. The number of aryl methyl sites for hydroxylation is 3. The molecule has 126 valence electrons. The molecule has 1 amide bonds. The standard InChI is InChI=1S/C19H18N4OS/c1-22-10-8-18(21-22)20-19(24)16-13-17-15(9-12-25-17)23(16)11-7-14-5-3-2-4-6-14/h2-6,8-10,12-13H,7,11H2,1H3,(H,20,21,24). The molecular weight excluding hydrogens is 332 g/mol. The highest BCUT2D eigenvalue weighted by atomic mass is 32.1. The minimum absolute atomic E-state index is 0.129. The van der Waals surface area contributed by atoms with Crippen LogP contribution >= 0.6 is 11.3 Å². The lowest BCUT2D eigenvalue weighted by molar-refractivity contribution is 0.101. The number of anilines is 1. The Hall–Kier alpha value is -2.86. The average molecular weight is 350 g/mol. The van der Waals surface area contributed by atoms with Crippen LogP contribution in [0.5, 0.6) is 0 Å². The Morgan fingerprint density at radius 2 is 2.04 bits per heavy atom. The van der Waals surface area contributed by atoms with Crippen LogP contribution < -0.4 is 5.32 Å². The van der Waals surface area contributed by atoms with E-state index in [1.807, 2.05) is 37.5 Å². The number of thiophene rings is 1. The lowest BCUT2D eigenvalue weighted by Crippen LogP contribution is -2.18. The number of hydrogen-bond acceptors (Lipinski definition) is 3. The second-order valence-corrected chi connectivity index (χ2v) is 6.86. The summed E-state index contributed by atoms with van der Waals surface area (Å²) in [6.45, 7) is 0.759. The summed E-state index contributed by atoms with van der Waals surface area (Å²) in [4.78, 5) is 12.7. The number of carbonyl (C=O) groups excluding carboxylic acids is 1. The molecule has 3 heterocycles. The summed E-state index contributed by atoms with van der Waals surface area (Å²) in [5.74, 6) is 0.432.